The van der Waals surface area contributed by atoms with E-state index in [1.54, 1.807) is 17.0 Å². The fraction of sp³-hybridized carbons (Fsp3) is 0.259. The maximum absolute atomic E-state index is 13.5. The number of carbonyl (C=O) groups is 2. The van der Waals surface area contributed by atoms with Gasteiger partial charge in [-0.2, -0.15) is 0 Å². The van der Waals surface area contributed by atoms with Crippen molar-refractivity contribution in [1.29, 1.82) is 0 Å². The Hall–Kier alpha value is -2.47. The molecule has 0 radical (unpaired) electrons. The van der Waals surface area contributed by atoms with E-state index in [0.717, 1.165) is 16.7 Å². The lowest BCUT2D eigenvalue weighted by Gasteiger charge is -2.31. The third-order valence-corrected chi connectivity index (χ3v) is 6.92. The molecule has 7 heteroatoms. The summed E-state index contributed by atoms with van der Waals surface area (Å²) in [6.45, 7) is 2.69. The Morgan fingerprint density at radius 3 is 2.26 bits per heavy atom. The number of amides is 2. The van der Waals surface area contributed by atoms with Gasteiger partial charge in [0.05, 0.1) is 5.75 Å². The Morgan fingerprint density at radius 1 is 0.912 bits per heavy atom. The van der Waals surface area contributed by atoms with Crippen LogP contribution in [0.4, 0.5) is 0 Å². The van der Waals surface area contributed by atoms with Crippen molar-refractivity contribution in [2.24, 2.45) is 0 Å². The van der Waals surface area contributed by atoms with Crippen LogP contribution in [0.15, 0.2) is 78.9 Å². The van der Waals surface area contributed by atoms with Crippen molar-refractivity contribution >= 4 is 46.8 Å². The molecule has 0 bridgehead atoms. The van der Waals surface area contributed by atoms with Gasteiger partial charge < -0.3 is 10.2 Å². The third kappa shape index (κ3) is 7.79. The van der Waals surface area contributed by atoms with Gasteiger partial charge in [0.2, 0.25) is 11.8 Å². The largest absolute Gasteiger partial charge is 0.355 e. The molecule has 1 atom stereocenters. The minimum atomic E-state index is -0.633. The van der Waals surface area contributed by atoms with Crippen molar-refractivity contribution in [3.63, 3.8) is 0 Å². The second-order valence-corrected chi connectivity index (χ2v) is 9.66. The predicted molar refractivity (Wildman–Crippen MR) is 142 cm³/mol. The van der Waals surface area contributed by atoms with Gasteiger partial charge in [0.15, 0.2) is 0 Å². The zero-order chi connectivity index (χ0) is 24.3. The molecule has 0 aliphatic heterocycles. The van der Waals surface area contributed by atoms with Gasteiger partial charge in [0.25, 0.3) is 0 Å². The summed E-state index contributed by atoms with van der Waals surface area (Å²) in [6, 6.07) is 24.1. The van der Waals surface area contributed by atoms with Gasteiger partial charge in [-0.15, -0.1) is 11.8 Å². The molecule has 0 saturated heterocycles. The smallest absolute Gasteiger partial charge is 0.243 e. The van der Waals surface area contributed by atoms with Crippen LogP contribution in [-0.2, 0) is 28.3 Å². The zero-order valence-electron chi connectivity index (χ0n) is 19.0. The highest BCUT2D eigenvalue weighted by molar-refractivity contribution is 7.99. The molecule has 0 spiro atoms. The topological polar surface area (TPSA) is 49.4 Å². The van der Waals surface area contributed by atoms with Gasteiger partial charge in [-0.3, -0.25) is 9.59 Å². The summed E-state index contributed by atoms with van der Waals surface area (Å²) in [6.07, 6.45) is 0.432. The van der Waals surface area contributed by atoms with E-state index < -0.39 is 6.04 Å². The molecule has 3 rings (SSSR count). The van der Waals surface area contributed by atoms with Crippen molar-refractivity contribution in [1.82, 2.24) is 10.2 Å². The number of nitrogens with zero attached hydrogens (tertiary/aromatic N) is 1. The molecule has 0 aliphatic rings. The van der Waals surface area contributed by atoms with E-state index in [2.05, 4.69) is 5.32 Å². The van der Waals surface area contributed by atoms with Gasteiger partial charge in [-0.1, -0.05) is 83.9 Å². The molecule has 0 unspecified atom stereocenters. The lowest BCUT2D eigenvalue weighted by molar-refractivity contribution is -0.139. The van der Waals surface area contributed by atoms with Crippen LogP contribution in [0.5, 0.6) is 0 Å². The predicted octanol–water partition coefficient (Wildman–Crippen LogP) is 6.00. The van der Waals surface area contributed by atoms with Gasteiger partial charge >= 0.3 is 0 Å². The molecule has 3 aromatic carbocycles. The van der Waals surface area contributed by atoms with Crippen LogP contribution in [0.25, 0.3) is 0 Å². The van der Waals surface area contributed by atoms with Crippen LogP contribution in [0.2, 0.25) is 10.0 Å². The lowest BCUT2D eigenvalue weighted by Crippen LogP contribution is -2.51. The summed E-state index contributed by atoms with van der Waals surface area (Å²) < 4.78 is 0. The number of nitrogens with one attached hydrogen (secondary N) is 1. The molecular formula is C27H28Cl2N2O2S. The quantitative estimate of drug-likeness (QED) is 0.341. The molecule has 178 valence electrons. The average molecular weight is 516 g/mol. The molecule has 4 nitrogen and oxygen atoms in total. The zero-order valence-corrected chi connectivity index (χ0v) is 21.4. The first-order chi connectivity index (χ1) is 16.5. The van der Waals surface area contributed by atoms with E-state index >= 15 is 0 Å². The fourth-order valence-corrected chi connectivity index (χ4v) is 4.90. The molecule has 1 N–H and O–H groups in total. The van der Waals surface area contributed by atoms with Crippen molar-refractivity contribution in [3.05, 3.63) is 106 Å². The van der Waals surface area contributed by atoms with Gasteiger partial charge in [0.1, 0.15) is 6.04 Å². The van der Waals surface area contributed by atoms with Crippen LogP contribution in [-0.4, -0.2) is 35.1 Å². The summed E-state index contributed by atoms with van der Waals surface area (Å²) in [7, 11) is 0. The molecule has 3 aromatic rings. The van der Waals surface area contributed by atoms with Gasteiger partial charge in [-0.05, 0) is 41.8 Å². The normalized spacial score (nSPS) is 11.6. The molecule has 0 fully saturated rings. The van der Waals surface area contributed by atoms with Crippen LogP contribution >= 0.6 is 35.0 Å². The first-order valence-electron chi connectivity index (χ1n) is 11.1. The van der Waals surface area contributed by atoms with E-state index in [9.17, 15) is 9.59 Å². The first kappa shape index (κ1) is 26.1. The molecule has 2 amide bonds. The highest BCUT2D eigenvalue weighted by Crippen LogP contribution is 2.22. The summed E-state index contributed by atoms with van der Waals surface area (Å²) in [5.74, 6) is 0.595. The molecule has 0 saturated carbocycles. The van der Waals surface area contributed by atoms with Gasteiger partial charge in [-0.25, -0.2) is 0 Å². The molecule has 34 heavy (non-hydrogen) atoms. The van der Waals surface area contributed by atoms with Crippen molar-refractivity contribution in [2.75, 3.05) is 12.3 Å². The summed E-state index contributed by atoms with van der Waals surface area (Å²) in [5, 5.41) is 4.22. The number of halogens is 2. The Bertz CT molecular complexity index is 1080. The van der Waals surface area contributed by atoms with E-state index in [0.29, 0.717) is 35.3 Å². The summed E-state index contributed by atoms with van der Waals surface area (Å²) in [5.41, 5.74) is 2.89. The monoisotopic (exact) mass is 514 g/mol. The summed E-state index contributed by atoms with van der Waals surface area (Å²) >= 11 is 13.8. The highest BCUT2D eigenvalue weighted by atomic mass is 35.5. The Balaban J connectivity index is 1.82. The van der Waals surface area contributed by atoms with Crippen molar-refractivity contribution in [3.8, 4) is 0 Å². The van der Waals surface area contributed by atoms with E-state index in [1.165, 1.54) is 11.8 Å². The van der Waals surface area contributed by atoms with Gasteiger partial charge in [0, 0.05) is 35.3 Å². The molecule has 0 heterocycles. The first-order valence-corrected chi connectivity index (χ1v) is 13.1. The van der Waals surface area contributed by atoms with Crippen molar-refractivity contribution < 1.29 is 9.59 Å². The SMILES string of the molecule is CCNC(=O)[C@H](Cc1ccccc1)N(Cc1ccc(Cl)cc1)C(=O)CSCc1ccccc1Cl. The van der Waals surface area contributed by atoms with E-state index in [1.807, 2.05) is 73.7 Å². The Morgan fingerprint density at radius 2 is 1.59 bits per heavy atom. The maximum atomic E-state index is 13.5. The van der Waals surface area contributed by atoms with Crippen molar-refractivity contribution in [2.45, 2.75) is 31.7 Å². The number of thioether (sulfide) groups is 1. The minimum absolute atomic E-state index is 0.0980. The Labute approximate surface area is 215 Å². The minimum Gasteiger partial charge on any atom is -0.355 e. The number of hydrogen-bond donors (Lipinski definition) is 1. The highest BCUT2D eigenvalue weighted by Gasteiger charge is 2.30. The molecular weight excluding hydrogens is 487 g/mol. The molecule has 0 aliphatic carbocycles. The number of rotatable bonds is 11. The number of carbonyl (C=O) groups excluding carboxylic acids is 2. The number of benzene rings is 3. The van der Waals surface area contributed by atoms with Crippen LogP contribution in [0, 0.1) is 0 Å². The van der Waals surface area contributed by atoms with E-state index in [-0.39, 0.29) is 17.6 Å². The third-order valence-electron chi connectivity index (χ3n) is 5.33. The number of hydrogen-bond acceptors (Lipinski definition) is 3. The fourth-order valence-electron chi connectivity index (χ4n) is 3.58. The average Bonchev–Trinajstić information content (AvgIpc) is 2.84. The second-order valence-electron chi connectivity index (χ2n) is 7.83. The summed E-state index contributed by atoms with van der Waals surface area (Å²) in [4.78, 5) is 28.3. The van der Waals surface area contributed by atoms with Crippen LogP contribution in [0.1, 0.15) is 23.6 Å². The Kier molecular flexibility index (Phi) is 10.3. The lowest BCUT2D eigenvalue weighted by atomic mass is 10.0. The van der Waals surface area contributed by atoms with Crippen LogP contribution in [0.3, 0.4) is 0 Å². The van der Waals surface area contributed by atoms with Crippen LogP contribution < -0.4 is 5.32 Å². The number of likely N-dealkylation sites (N-methyl/N-ethyl adjacent to an activating group) is 1. The van der Waals surface area contributed by atoms with E-state index in [4.69, 9.17) is 23.2 Å². The molecule has 0 aromatic heterocycles. The maximum Gasteiger partial charge on any atom is 0.243 e. The standard InChI is InChI=1S/C27H28Cl2N2O2S/c1-2-30-27(33)25(16-20-8-4-3-5-9-20)31(17-21-12-14-23(28)15-13-21)26(32)19-34-18-22-10-6-7-11-24(22)29/h3-15,25H,2,16-19H2,1H3,(H,30,33)/t25-/m0/s1. The second kappa shape index (κ2) is 13.4.